The Bertz CT molecular complexity index is 1260. The lowest BCUT2D eigenvalue weighted by molar-refractivity contribution is 0.636. The lowest BCUT2D eigenvalue weighted by Gasteiger charge is -2.07. The zero-order valence-electron chi connectivity index (χ0n) is 16.5. The van der Waals surface area contributed by atoms with Gasteiger partial charge in [0.1, 0.15) is 5.82 Å². The van der Waals surface area contributed by atoms with Gasteiger partial charge in [-0.1, -0.05) is 72.0 Å². The van der Waals surface area contributed by atoms with Crippen molar-refractivity contribution in [3.05, 3.63) is 119 Å². The fraction of sp³-hybridized carbons (Fsp3) is 0.0714. The molecular weight excluding hydrogens is 391 g/mol. The van der Waals surface area contributed by atoms with Crippen molar-refractivity contribution in [1.82, 2.24) is 0 Å². The van der Waals surface area contributed by atoms with Gasteiger partial charge in [-0.3, -0.25) is 0 Å². The van der Waals surface area contributed by atoms with Gasteiger partial charge in [0.05, 0.1) is 5.56 Å². The molecule has 0 aliphatic carbocycles. The van der Waals surface area contributed by atoms with Crippen LogP contribution in [-0.4, -0.2) is 0 Å². The second kappa shape index (κ2) is 8.99. The van der Waals surface area contributed by atoms with Crippen LogP contribution in [0.5, 0.6) is 0 Å². The van der Waals surface area contributed by atoms with E-state index >= 15 is 4.39 Å². The van der Waals surface area contributed by atoms with Crippen molar-refractivity contribution in [2.45, 2.75) is 12.8 Å². The van der Waals surface area contributed by atoms with E-state index < -0.39 is 0 Å². The quantitative estimate of drug-likeness (QED) is 0.237. The highest BCUT2D eigenvalue weighted by molar-refractivity contribution is 6.30. The first-order chi connectivity index (χ1) is 14.6. The molecule has 0 aromatic heterocycles. The molecule has 0 bridgehead atoms. The Balaban J connectivity index is 1.62. The molecule has 0 heterocycles. The van der Waals surface area contributed by atoms with Crippen LogP contribution >= 0.6 is 11.6 Å². The van der Waals surface area contributed by atoms with Crippen molar-refractivity contribution in [3.63, 3.8) is 0 Å². The second-order valence-corrected chi connectivity index (χ2v) is 7.58. The van der Waals surface area contributed by atoms with Crippen molar-refractivity contribution in [2.75, 3.05) is 0 Å². The van der Waals surface area contributed by atoms with Gasteiger partial charge in [0.25, 0.3) is 0 Å². The summed E-state index contributed by atoms with van der Waals surface area (Å²) in [6.45, 7) is 3.77. The summed E-state index contributed by atoms with van der Waals surface area (Å²) in [5.74, 6) is 5.64. The van der Waals surface area contributed by atoms with Crippen molar-refractivity contribution >= 4 is 22.4 Å². The molecular formula is C28H20ClF. The molecule has 0 aliphatic heterocycles. The summed E-state index contributed by atoms with van der Waals surface area (Å²) in [7, 11) is 0. The van der Waals surface area contributed by atoms with E-state index in [0.717, 1.165) is 34.9 Å². The molecule has 146 valence electrons. The van der Waals surface area contributed by atoms with Crippen molar-refractivity contribution < 1.29 is 4.39 Å². The van der Waals surface area contributed by atoms with Gasteiger partial charge in [0.2, 0.25) is 0 Å². The Morgan fingerprint density at radius 1 is 0.833 bits per heavy atom. The zero-order valence-corrected chi connectivity index (χ0v) is 17.2. The maximum atomic E-state index is 15.0. The third-order valence-electron chi connectivity index (χ3n) is 5.06. The maximum absolute atomic E-state index is 15.0. The predicted molar refractivity (Wildman–Crippen MR) is 125 cm³/mol. The Kier molecular flexibility index (Phi) is 5.98. The summed E-state index contributed by atoms with van der Waals surface area (Å²) >= 11 is 5.89. The molecule has 0 spiro atoms. The minimum Gasteiger partial charge on any atom is -0.205 e. The standard InChI is InChI=1S/C28H20ClF/c1-2-3-4-20-5-10-22(11-6-20)24-15-18-27-25(19-24)14-13-23(28(27)30)12-7-21-8-16-26(29)17-9-21/h2,5-6,8-11,13-19H,1,3-4H2. The molecule has 0 fully saturated rings. The average molecular weight is 411 g/mol. The number of fused-ring (bicyclic) bond motifs is 1. The highest BCUT2D eigenvalue weighted by atomic mass is 35.5. The van der Waals surface area contributed by atoms with Crippen LogP contribution in [0.15, 0.2) is 91.5 Å². The van der Waals surface area contributed by atoms with Gasteiger partial charge < -0.3 is 0 Å². The molecule has 0 unspecified atom stereocenters. The molecule has 0 saturated carbocycles. The van der Waals surface area contributed by atoms with Gasteiger partial charge in [0.15, 0.2) is 0 Å². The molecule has 4 aromatic rings. The summed E-state index contributed by atoms with van der Waals surface area (Å²) in [5.41, 5.74) is 4.65. The second-order valence-electron chi connectivity index (χ2n) is 7.14. The van der Waals surface area contributed by atoms with E-state index in [-0.39, 0.29) is 5.82 Å². The number of hydrogen-bond donors (Lipinski definition) is 0. The largest absolute Gasteiger partial charge is 0.205 e. The number of aryl methyl sites for hydroxylation is 1. The van der Waals surface area contributed by atoms with Crippen LogP contribution in [-0.2, 0) is 6.42 Å². The monoisotopic (exact) mass is 410 g/mol. The minimum absolute atomic E-state index is 0.291. The summed E-state index contributed by atoms with van der Waals surface area (Å²) < 4.78 is 15.0. The first-order valence-corrected chi connectivity index (χ1v) is 10.2. The van der Waals surface area contributed by atoms with Crippen LogP contribution in [0.2, 0.25) is 5.02 Å². The van der Waals surface area contributed by atoms with Gasteiger partial charge in [-0.05, 0) is 71.3 Å². The van der Waals surface area contributed by atoms with Crippen LogP contribution in [0.25, 0.3) is 21.9 Å². The zero-order chi connectivity index (χ0) is 20.9. The number of halogens is 2. The van der Waals surface area contributed by atoms with E-state index in [0.29, 0.717) is 16.0 Å². The molecule has 0 saturated heterocycles. The molecule has 0 atom stereocenters. The van der Waals surface area contributed by atoms with E-state index in [1.807, 2.05) is 42.5 Å². The number of rotatable bonds is 4. The molecule has 30 heavy (non-hydrogen) atoms. The highest BCUT2D eigenvalue weighted by Crippen LogP contribution is 2.28. The Morgan fingerprint density at radius 2 is 1.57 bits per heavy atom. The molecule has 0 N–H and O–H groups in total. The number of benzene rings is 4. The molecule has 4 aromatic carbocycles. The number of hydrogen-bond acceptors (Lipinski definition) is 0. The van der Waals surface area contributed by atoms with Crippen LogP contribution in [0.1, 0.15) is 23.1 Å². The van der Waals surface area contributed by atoms with Gasteiger partial charge >= 0.3 is 0 Å². The van der Waals surface area contributed by atoms with Gasteiger partial charge in [0, 0.05) is 16.0 Å². The van der Waals surface area contributed by atoms with Gasteiger partial charge in [-0.2, -0.15) is 0 Å². The Morgan fingerprint density at radius 3 is 2.30 bits per heavy atom. The smallest absolute Gasteiger partial charge is 0.146 e. The lowest BCUT2D eigenvalue weighted by Crippen LogP contribution is -1.88. The summed E-state index contributed by atoms with van der Waals surface area (Å²) in [6.07, 6.45) is 3.89. The topological polar surface area (TPSA) is 0 Å². The minimum atomic E-state index is -0.291. The molecule has 4 rings (SSSR count). The van der Waals surface area contributed by atoms with E-state index in [9.17, 15) is 0 Å². The van der Waals surface area contributed by atoms with Crippen LogP contribution in [0.4, 0.5) is 4.39 Å². The van der Waals surface area contributed by atoms with E-state index in [2.05, 4.69) is 42.7 Å². The maximum Gasteiger partial charge on any atom is 0.146 e. The van der Waals surface area contributed by atoms with Crippen molar-refractivity contribution in [2.24, 2.45) is 0 Å². The molecule has 0 amide bonds. The van der Waals surface area contributed by atoms with Crippen molar-refractivity contribution in [1.29, 1.82) is 0 Å². The summed E-state index contributed by atoms with van der Waals surface area (Å²) in [6, 6.07) is 25.2. The van der Waals surface area contributed by atoms with Crippen LogP contribution in [0, 0.1) is 17.7 Å². The molecule has 2 heteroatoms. The Hall–Kier alpha value is -3.34. The van der Waals surface area contributed by atoms with Crippen molar-refractivity contribution in [3.8, 4) is 23.0 Å². The number of allylic oxidation sites excluding steroid dienone is 1. The van der Waals surface area contributed by atoms with E-state index in [1.54, 1.807) is 18.2 Å². The van der Waals surface area contributed by atoms with Gasteiger partial charge in [-0.25, -0.2) is 4.39 Å². The third kappa shape index (κ3) is 4.46. The molecule has 0 nitrogen and oxygen atoms in total. The molecule has 0 radical (unpaired) electrons. The Labute approximate surface area is 181 Å². The third-order valence-corrected chi connectivity index (χ3v) is 5.32. The van der Waals surface area contributed by atoms with Crippen LogP contribution < -0.4 is 0 Å². The molecule has 0 aliphatic rings. The highest BCUT2D eigenvalue weighted by Gasteiger charge is 2.07. The van der Waals surface area contributed by atoms with Crippen LogP contribution in [0.3, 0.4) is 0 Å². The van der Waals surface area contributed by atoms with Gasteiger partial charge in [-0.15, -0.1) is 6.58 Å². The fourth-order valence-corrected chi connectivity index (χ4v) is 3.50. The first-order valence-electron chi connectivity index (χ1n) is 9.84. The van der Waals surface area contributed by atoms with E-state index in [1.165, 1.54) is 5.56 Å². The SMILES string of the molecule is C=CCCc1ccc(-c2ccc3c(F)c(C#Cc4ccc(Cl)cc4)ccc3c2)cc1. The van der Waals surface area contributed by atoms with E-state index in [4.69, 9.17) is 11.6 Å². The normalized spacial score (nSPS) is 10.5. The lowest BCUT2D eigenvalue weighted by atomic mass is 9.98. The summed E-state index contributed by atoms with van der Waals surface area (Å²) in [5, 5.41) is 2.08. The summed E-state index contributed by atoms with van der Waals surface area (Å²) in [4.78, 5) is 0. The first kappa shape index (κ1) is 20.0. The predicted octanol–water partition coefficient (Wildman–Crippen LogP) is 7.82. The average Bonchev–Trinajstić information content (AvgIpc) is 2.78. The fourth-order valence-electron chi connectivity index (χ4n) is 3.37.